The molecule has 7 nitrogen and oxygen atoms in total. The van der Waals surface area contributed by atoms with E-state index in [1.165, 1.54) is 17.7 Å². The fourth-order valence-corrected chi connectivity index (χ4v) is 6.78. The summed E-state index contributed by atoms with van der Waals surface area (Å²) < 4.78 is 0. The van der Waals surface area contributed by atoms with Gasteiger partial charge in [-0.15, -0.1) is 11.8 Å². The number of hydrogen-bond acceptors (Lipinski definition) is 6. The van der Waals surface area contributed by atoms with Crippen LogP contribution in [0.15, 0.2) is 10.6 Å². The highest BCUT2D eigenvalue weighted by atomic mass is 32.2. The van der Waals surface area contributed by atoms with E-state index in [4.69, 9.17) is 5.73 Å². The Balaban J connectivity index is 1.43. The lowest BCUT2D eigenvalue weighted by Gasteiger charge is -2.47. The molecule has 8 heteroatoms. The first-order valence-electron chi connectivity index (χ1n) is 9.94. The second-order valence-electron chi connectivity index (χ2n) is 8.55. The summed E-state index contributed by atoms with van der Waals surface area (Å²) in [5.41, 5.74) is 6.24. The van der Waals surface area contributed by atoms with Crippen LogP contribution in [-0.2, 0) is 9.59 Å². The lowest BCUT2D eigenvalue weighted by atomic mass is 9.79. The van der Waals surface area contributed by atoms with Gasteiger partial charge in [0.2, 0.25) is 5.91 Å². The molecule has 3 aliphatic heterocycles. The Morgan fingerprint density at radius 2 is 2.04 bits per heavy atom. The molecule has 0 spiro atoms. The molecule has 4 N–H and O–H groups in total. The summed E-state index contributed by atoms with van der Waals surface area (Å²) in [4.78, 5) is 28.9. The van der Waals surface area contributed by atoms with E-state index in [1.54, 1.807) is 18.7 Å². The number of carboxylic acids is 1. The summed E-state index contributed by atoms with van der Waals surface area (Å²) in [7, 11) is 0. The van der Waals surface area contributed by atoms with Gasteiger partial charge in [-0.2, -0.15) is 0 Å². The second kappa shape index (κ2) is 7.06. The molecule has 4 rings (SSSR count). The van der Waals surface area contributed by atoms with Gasteiger partial charge in [-0.1, -0.05) is 13.3 Å². The van der Waals surface area contributed by atoms with Crippen LogP contribution in [0.5, 0.6) is 0 Å². The molecular weight excluding hydrogens is 366 g/mol. The molecule has 0 radical (unpaired) electrons. The summed E-state index contributed by atoms with van der Waals surface area (Å²) in [5, 5.41) is 20.0. The highest BCUT2D eigenvalue weighted by Gasteiger charge is 2.60. The zero-order valence-electron chi connectivity index (χ0n) is 15.9. The van der Waals surface area contributed by atoms with Gasteiger partial charge in [-0.05, 0) is 26.2 Å². The minimum absolute atomic E-state index is 0.0458. The number of carboxylic acid groups (broad SMARTS) is 1. The van der Waals surface area contributed by atoms with Crippen molar-refractivity contribution in [2.75, 3.05) is 13.1 Å². The Hall–Kier alpha value is -1.09. The van der Waals surface area contributed by atoms with Gasteiger partial charge in [-0.3, -0.25) is 9.69 Å². The average Bonchev–Trinajstić information content (AvgIpc) is 2.79. The molecule has 0 aromatic heterocycles. The maximum atomic E-state index is 12.4. The molecule has 4 aliphatic rings. The summed E-state index contributed by atoms with van der Waals surface area (Å²) in [6, 6.07) is 0.637. The molecule has 1 unspecified atom stereocenters. The summed E-state index contributed by atoms with van der Waals surface area (Å²) in [6.07, 6.45) is 3.80. The fraction of sp³-hybridized carbons (Fsp3) is 0.789. The number of nitrogens with zero attached hydrogens (tertiary/aromatic N) is 2. The summed E-state index contributed by atoms with van der Waals surface area (Å²) in [5.74, 6) is -1.84. The van der Waals surface area contributed by atoms with E-state index in [0.29, 0.717) is 17.3 Å². The standard InChI is InChI=1S/C19H29N3O4S/c1-9-15-14(10(2)23)18(24)22(15)16(19(25)26)17(9)27-13-7-21(8-13)12-5-3-4-11(20)6-12/h9-15,23H,3-8,20H2,1-2H3,(H,25,26)/t9-,10?,11-,12+,14-,15-/m1/s1. The van der Waals surface area contributed by atoms with Crippen molar-refractivity contribution in [3.05, 3.63) is 10.6 Å². The number of likely N-dealkylation sites (tertiary alicyclic amines) is 1. The number of β-lactam (4-membered cyclic amide) rings is 1. The van der Waals surface area contributed by atoms with Crippen molar-refractivity contribution in [1.29, 1.82) is 0 Å². The quantitative estimate of drug-likeness (QED) is 0.592. The summed E-state index contributed by atoms with van der Waals surface area (Å²) in [6.45, 7) is 5.48. The maximum Gasteiger partial charge on any atom is 0.353 e. The van der Waals surface area contributed by atoms with Gasteiger partial charge in [-0.25, -0.2) is 4.79 Å². The molecule has 0 bridgehead atoms. The van der Waals surface area contributed by atoms with Gasteiger partial charge in [0.1, 0.15) is 5.70 Å². The van der Waals surface area contributed by atoms with E-state index < -0.39 is 18.0 Å². The van der Waals surface area contributed by atoms with Crippen LogP contribution < -0.4 is 5.73 Å². The van der Waals surface area contributed by atoms with Gasteiger partial charge in [0.15, 0.2) is 0 Å². The first-order chi connectivity index (χ1) is 12.8. The second-order valence-corrected chi connectivity index (χ2v) is 9.89. The molecule has 3 fully saturated rings. The Kier molecular flexibility index (Phi) is 5.03. The van der Waals surface area contributed by atoms with Crippen molar-refractivity contribution < 1.29 is 19.8 Å². The van der Waals surface area contributed by atoms with Crippen LogP contribution >= 0.6 is 11.8 Å². The molecule has 2 saturated heterocycles. The third kappa shape index (κ3) is 3.10. The Labute approximate surface area is 163 Å². The van der Waals surface area contributed by atoms with Gasteiger partial charge in [0.05, 0.1) is 18.1 Å². The number of amides is 1. The molecule has 1 amide bonds. The number of fused-ring (bicyclic) bond motifs is 1. The minimum Gasteiger partial charge on any atom is -0.477 e. The highest BCUT2D eigenvalue weighted by molar-refractivity contribution is 8.03. The molecule has 27 heavy (non-hydrogen) atoms. The van der Waals surface area contributed by atoms with Crippen LogP contribution in [-0.4, -0.2) is 74.5 Å². The van der Waals surface area contributed by atoms with Crippen LogP contribution in [0.1, 0.15) is 39.5 Å². The van der Waals surface area contributed by atoms with E-state index in [9.17, 15) is 19.8 Å². The van der Waals surface area contributed by atoms with Gasteiger partial charge in [0.25, 0.3) is 0 Å². The van der Waals surface area contributed by atoms with Crippen molar-refractivity contribution in [1.82, 2.24) is 9.80 Å². The van der Waals surface area contributed by atoms with Crippen molar-refractivity contribution in [3.8, 4) is 0 Å². The molecular formula is C19H29N3O4S. The topological polar surface area (TPSA) is 107 Å². The number of nitrogens with two attached hydrogens (primary N) is 1. The number of carbonyl (C=O) groups is 2. The fourth-order valence-electron chi connectivity index (χ4n) is 5.23. The van der Waals surface area contributed by atoms with E-state index >= 15 is 0 Å². The van der Waals surface area contributed by atoms with E-state index in [1.807, 2.05) is 6.92 Å². The van der Waals surface area contributed by atoms with Crippen LogP contribution in [0.4, 0.5) is 0 Å². The van der Waals surface area contributed by atoms with Crippen LogP contribution in [0, 0.1) is 11.8 Å². The van der Waals surface area contributed by atoms with E-state index in [2.05, 4.69) is 4.90 Å². The largest absolute Gasteiger partial charge is 0.477 e. The van der Waals surface area contributed by atoms with Crippen LogP contribution in [0.25, 0.3) is 0 Å². The first-order valence-corrected chi connectivity index (χ1v) is 10.8. The molecule has 150 valence electrons. The van der Waals surface area contributed by atoms with Crippen LogP contribution in [0.2, 0.25) is 0 Å². The van der Waals surface area contributed by atoms with Crippen LogP contribution in [0.3, 0.4) is 0 Å². The van der Waals surface area contributed by atoms with Crippen molar-refractivity contribution in [3.63, 3.8) is 0 Å². The molecule has 3 heterocycles. The third-order valence-electron chi connectivity index (χ3n) is 6.68. The lowest BCUT2D eigenvalue weighted by Crippen LogP contribution is -2.63. The van der Waals surface area contributed by atoms with Crippen molar-refractivity contribution in [2.24, 2.45) is 17.6 Å². The molecule has 6 atom stereocenters. The van der Waals surface area contributed by atoms with Gasteiger partial charge < -0.3 is 20.8 Å². The Morgan fingerprint density at radius 3 is 2.63 bits per heavy atom. The molecule has 0 aromatic carbocycles. The summed E-state index contributed by atoms with van der Waals surface area (Å²) >= 11 is 1.62. The average molecular weight is 396 g/mol. The first kappa shape index (κ1) is 19.2. The lowest BCUT2D eigenvalue weighted by molar-refractivity contribution is -0.163. The zero-order valence-corrected chi connectivity index (χ0v) is 16.7. The highest BCUT2D eigenvalue weighted by Crippen LogP contribution is 2.52. The Bertz CT molecular complexity index is 676. The number of carbonyl (C=O) groups excluding carboxylic acids is 1. The minimum atomic E-state index is -1.04. The van der Waals surface area contributed by atoms with Gasteiger partial charge >= 0.3 is 5.97 Å². The number of hydrogen-bond donors (Lipinski definition) is 3. The third-order valence-corrected chi connectivity index (χ3v) is 8.14. The van der Waals surface area contributed by atoms with Crippen molar-refractivity contribution >= 4 is 23.6 Å². The predicted molar refractivity (Wildman–Crippen MR) is 103 cm³/mol. The number of aliphatic hydroxyl groups excluding tert-OH is 1. The molecule has 1 saturated carbocycles. The number of rotatable bonds is 5. The maximum absolute atomic E-state index is 12.4. The SMILES string of the molecule is CC(O)[C@H]1C(=O)N2C(C(=O)O)=C(SC3CN([C@H]4CCC[C@@H](N)C4)C3)[C@H](C)[C@H]12. The molecule has 0 aromatic rings. The smallest absolute Gasteiger partial charge is 0.353 e. The Morgan fingerprint density at radius 1 is 1.33 bits per heavy atom. The predicted octanol–water partition coefficient (Wildman–Crippen LogP) is 0.827. The van der Waals surface area contributed by atoms with Crippen molar-refractivity contribution in [2.45, 2.75) is 69.0 Å². The number of thioether (sulfide) groups is 1. The monoisotopic (exact) mass is 395 g/mol. The zero-order chi connectivity index (χ0) is 19.5. The van der Waals surface area contributed by atoms with E-state index in [0.717, 1.165) is 30.8 Å². The van der Waals surface area contributed by atoms with E-state index in [-0.39, 0.29) is 23.6 Å². The normalized spacial score (nSPS) is 38.4. The molecule has 1 aliphatic carbocycles. The van der Waals surface area contributed by atoms with Gasteiger partial charge in [0, 0.05) is 41.2 Å². The number of aliphatic hydroxyl groups is 1. The number of aliphatic carboxylic acids is 1.